The Morgan fingerprint density at radius 1 is 1.25 bits per heavy atom. The molecule has 1 aromatic heterocycles. The Morgan fingerprint density at radius 2 is 2.00 bits per heavy atom. The number of aromatic nitrogens is 2. The SMILES string of the molecule is CN(Cc1ccccc1Br)c1nnc(Br)s1. The van der Waals surface area contributed by atoms with Crippen molar-refractivity contribution >= 4 is 48.3 Å². The van der Waals surface area contributed by atoms with E-state index in [1.165, 1.54) is 16.9 Å². The van der Waals surface area contributed by atoms with Crippen molar-refractivity contribution in [1.82, 2.24) is 10.2 Å². The molecule has 1 aromatic carbocycles. The molecule has 0 atom stereocenters. The molecule has 3 nitrogen and oxygen atoms in total. The zero-order chi connectivity index (χ0) is 11.5. The van der Waals surface area contributed by atoms with Crippen LogP contribution in [0, 0.1) is 0 Å². The van der Waals surface area contributed by atoms with Crippen molar-refractivity contribution in [2.24, 2.45) is 0 Å². The van der Waals surface area contributed by atoms with Crippen molar-refractivity contribution in [2.45, 2.75) is 6.54 Å². The second-order valence-electron chi connectivity index (χ2n) is 3.29. The number of hydrogen-bond donors (Lipinski definition) is 0. The first kappa shape index (κ1) is 12.0. The summed E-state index contributed by atoms with van der Waals surface area (Å²) in [5.41, 5.74) is 1.23. The molecule has 84 valence electrons. The van der Waals surface area contributed by atoms with Crippen molar-refractivity contribution in [1.29, 1.82) is 0 Å². The largest absolute Gasteiger partial charge is 0.345 e. The molecule has 0 unspecified atom stereocenters. The van der Waals surface area contributed by atoms with E-state index in [1.807, 2.05) is 25.2 Å². The maximum atomic E-state index is 4.07. The van der Waals surface area contributed by atoms with Gasteiger partial charge in [-0.05, 0) is 27.6 Å². The number of halogens is 2. The topological polar surface area (TPSA) is 29.0 Å². The zero-order valence-electron chi connectivity index (χ0n) is 8.52. The lowest BCUT2D eigenvalue weighted by atomic mass is 10.2. The zero-order valence-corrected chi connectivity index (χ0v) is 12.5. The lowest BCUT2D eigenvalue weighted by Crippen LogP contribution is -2.16. The van der Waals surface area contributed by atoms with Gasteiger partial charge >= 0.3 is 0 Å². The van der Waals surface area contributed by atoms with Crippen molar-refractivity contribution in [2.75, 3.05) is 11.9 Å². The van der Waals surface area contributed by atoms with Gasteiger partial charge in [-0.1, -0.05) is 45.5 Å². The van der Waals surface area contributed by atoms with Crippen LogP contribution in [0.1, 0.15) is 5.56 Å². The first-order valence-corrected chi connectivity index (χ1v) is 7.00. The van der Waals surface area contributed by atoms with Gasteiger partial charge in [-0.3, -0.25) is 0 Å². The molecule has 0 aliphatic heterocycles. The average molecular weight is 363 g/mol. The summed E-state index contributed by atoms with van der Waals surface area (Å²) in [6.45, 7) is 0.809. The lowest BCUT2D eigenvalue weighted by molar-refractivity contribution is 0.889. The molecule has 0 spiro atoms. The fraction of sp³-hybridized carbons (Fsp3) is 0.200. The van der Waals surface area contributed by atoms with Gasteiger partial charge in [0.1, 0.15) is 0 Å². The van der Waals surface area contributed by atoms with Crippen molar-refractivity contribution in [3.63, 3.8) is 0 Å². The molecule has 0 radical (unpaired) electrons. The van der Waals surface area contributed by atoms with E-state index in [-0.39, 0.29) is 0 Å². The van der Waals surface area contributed by atoms with E-state index in [4.69, 9.17) is 0 Å². The smallest absolute Gasteiger partial charge is 0.209 e. The third-order valence-electron chi connectivity index (χ3n) is 2.08. The molecule has 6 heteroatoms. The second kappa shape index (κ2) is 5.25. The highest BCUT2D eigenvalue weighted by molar-refractivity contribution is 9.11. The van der Waals surface area contributed by atoms with Crippen molar-refractivity contribution in [3.8, 4) is 0 Å². The minimum Gasteiger partial charge on any atom is -0.345 e. The first-order valence-electron chi connectivity index (χ1n) is 4.60. The third-order valence-corrected chi connectivity index (χ3v) is 4.33. The highest BCUT2D eigenvalue weighted by Crippen LogP contribution is 2.25. The van der Waals surface area contributed by atoms with Crippen LogP contribution in [0.3, 0.4) is 0 Å². The highest BCUT2D eigenvalue weighted by Gasteiger charge is 2.09. The monoisotopic (exact) mass is 361 g/mol. The molecule has 2 rings (SSSR count). The van der Waals surface area contributed by atoms with Crippen LogP contribution in [0.5, 0.6) is 0 Å². The van der Waals surface area contributed by atoms with Crippen LogP contribution in [0.15, 0.2) is 32.7 Å². The Labute approximate surface area is 115 Å². The fourth-order valence-corrected chi connectivity index (χ4v) is 2.76. The van der Waals surface area contributed by atoms with Crippen molar-refractivity contribution in [3.05, 3.63) is 38.2 Å². The maximum absolute atomic E-state index is 4.07. The van der Waals surface area contributed by atoms with Crippen LogP contribution < -0.4 is 4.90 Å². The molecule has 0 saturated heterocycles. The normalized spacial score (nSPS) is 10.4. The Morgan fingerprint density at radius 3 is 2.62 bits per heavy atom. The third kappa shape index (κ3) is 2.81. The molecule has 1 heterocycles. The summed E-state index contributed by atoms with van der Waals surface area (Å²) in [7, 11) is 2.01. The van der Waals surface area contributed by atoms with Gasteiger partial charge in [0.25, 0.3) is 0 Å². The predicted molar refractivity (Wildman–Crippen MR) is 73.9 cm³/mol. The van der Waals surface area contributed by atoms with Gasteiger partial charge in [-0.25, -0.2) is 0 Å². The summed E-state index contributed by atoms with van der Waals surface area (Å²) in [5, 5.41) is 8.91. The van der Waals surface area contributed by atoms with Crippen molar-refractivity contribution < 1.29 is 0 Å². The van der Waals surface area contributed by atoms with E-state index in [2.05, 4.69) is 53.0 Å². The molecule has 0 bridgehead atoms. The molecule has 0 fully saturated rings. The number of rotatable bonds is 3. The molecule has 0 amide bonds. The molecular weight excluding hydrogens is 354 g/mol. The summed E-state index contributed by atoms with van der Waals surface area (Å²) in [6, 6.07) is 8.18. The van der Waals surface area contributed by atoms with Crippen LogP contribution in [0.25, 0.3) is 0 Å². The molecule has 0 saturated carbocycles. The lowest BCUT2D eigenvalue weighted by Gasteiger charge is -2.15. The summed E-state index contributed by atoms with van der Waals surface area (Å²) in [4.78, 5) is 2.07. The molecule has 0 N–H and O–H groups in total. The molecule has 0 aliphatic rings. The van der Waals surface area contributed by atoms with Gasteiger partial charge in [-0.2, -0.15) is 0 Å². The average Bonchev–Trinajstić information content (AvgIpc) is 2.68. The van der Waals surface area contributed by atoms with E-state index in [0.29, 0.717) is 0 Å². The minimum absolute atomic E-state index is 0.807. The predicted octanol–water partition coefficient (Wildman–Crippen LogP) is 3.70. The van der Waals surface area contributed by atoms with E-state index >= 15 is 0 Å². The van der Waals surface area contributed by atoms with E-state index in [0.717, 1.165) is 20.1 Å². The first-order chi connectivity index (χ1) is 7.66. The van der Waals surface area contributed by atoms with Crippen LogP contribution in [-0.4, -0.2) is 17.2 Å². The van der Waals surface area contributed by atoms with Gasteiger partial charge in [0.15, 0.2) is 3.92 Å². The summed E-state index contributed by atoms with van der Waals surface area (Å²) in [5.74, 6) is 0. The Balaban J connectivity index is 2.13. The van der Waals surface area contributed by atoms with Crippen LogP contribution >= 0.6 is 43.2 Å². The van der Waals surface area contributed by atoms with Gasteiger partial charge in [-0.15, -0.1) is 10.2 Å². The molecule has 0 aliphatic carbocycles. The molecular formula is C10H9Br2N3S. The van der Waals surface area contributed by atoms with E-state index in [9.17, 15) is 0 Å². The fourth-order valence-electron chi connectivity index (χ4n) is 1.30. The van der Waals surface area contributed by atoms with Gasteiger partial charge in [0, 0.05) is 18.1 Å². The maximum Gasteiger partial charge on any atom is 0.209 e. The minimum atomic E-state index is 0.807. The summed E-state index contributed by atoms with van der Waals surface area (Å²) in [6.07, 6.45) is 0. The Bertz CT molecular complexity index is 486. The molecule has 2 aromatic rings. The van der Waals surface area contributed by atoms with Gasteiger partial charge in [0.05, 0.1) is 0 Å². The van der Waals surface area contributed by atoms with E-state index in [1.54, 1.807) is 0 Å². The number of benzene rings is 1. The Kier molecular flexibility index (Phi) is 3.94. The second-order valence-corrected chi connectivity index (χ2v) is 6.37. The number of hydrogen-bond acceptors (Lipinski definition) is 4. The number of anilines is 1. The summed E-state index contributed by atoms with van der Waals surface area (Å²) < 4.78 is 1.92. The van der Waals surface area contributed by atoms with Gasteiger partial charge in [0.2, 0.25) is 5.13 Å². The van der Waals surface area contributed by atoms with Gasteiger partial charge < -0.3 is 4.90 Å². The van der Waals surface area contributed by atoms with Crippen LogP contribution in [0.4, 0.5) is 5.13 Å². The highest BCUT2D eigenvalue weighted by atomic mass is 79.9. The molecule has 16 heavy (non-hydrogen) atoms. The number of nitrogens with zero attached hydrogens (tertiary/aromatic N) is 3. The van der Waals surface area contributed by atoms with Crippen LogP contribution in [0.2, 0.25) is 0 Å². The summed E-state index contributed by atoms with van der Waals surface area (Å²) >= 11 is 8.37. The van der Waals surface area contributed by atoms with E-state index < -0.39 is 0 Å². The van der Waals surface area contributed by atoms with Crippen LogP contribution in [-0.2, 0) is 6.54 Å². The standard InChI is InChI=1S/C10H9Br2N3S/c1-15(10-14-13-9(12)16-10)6-7-4-2-3-5-8(7)11/h2-5H,6H2,1H3. The Hall–Kier alpha value is -0.460. The quantitative estimate of drug-likeness (QED) is 0.833.